The number of aromatic nitrogens is 2. The van der Waals surface area contributed by atoms with E-state index in [2.05, 4.69) is 40.1 Å². The Morgan fingerprint density at radius 3 is 2.59 bits per heavy atom. The topological polar surface area (TPSA) is 41.0 Å². The predicted molar refractivity (Wildman–Crippen MR) is 94.0 cm³/mol. The van der Waals surface area contributed by atoms with Crippen molar-refractivity contribution in [1.82, 2.24) is 9.97 Å². The number of nitrogens with one attached hydrogen (secondary N) is 1. The molecule has 4 nitrogen and oxygen atoms in total. The van der Waals surface area contributed by atoms with Crippen LogP contribution in [0.4, 0.5) is 11.6 Å². The van der Waals surface area contributed by atoms with E-state index in [1.807, 2.05) is 31.2 Å². The van der Waals surface area contributed by atoms with E-state index in [4.69, 9.17) is 11.6 Å². The van der Waals surface area contributed by atoms with Gasteiger partial charge in [-0.2, -0.15) is 0 Å². The van der Waals surface area contributed by atoms with Gasteiger partial charge < -0.3 is 10.2 Å². The molecule has 1 N–H and O–H groups in total. The van der Waals surface area contributed by atoms with E-state index in [0.29, 0.717) is 0 Å². The molecule has 1 aromatic carbocycles. The van der Waals surface area contributed by atoms with E-state index in [1.165, 1.54) is 5.56 Å². The standard InChI is InChI=1S/C17H23ClN4/c1-4-22(5-2)17-12-16(20-13(3)21-17)19-10-9-14-7-6-8-15(18)11-14/h6-8,11-12H,4-5,9-10H2,1-3H3,(H,19,20,21). The van der Waals surface area contributed by atoms with Crippen molar-refractivity contribution in [1.29, 1.82) is 0 Å². The molecule has 0 aliphatic heterocycles. The summed E-state index contributed by atoms with van der Waals surface area (Å²) in [6.07, 6.45) is 0.907. The lowest BCUT2D eigenvalue weighted by molar-refractivity contribution is 0.833. The maximum absolute atomic E-state index is 6.00. The maximum atomic E-state index is 6.00. The molecule has 5 heteroatoms. The van der Waals surface area contributed by atoms with Gasteiger partial charge in [0.25, 0.3) is 0 Å². The molecular formula is C17H23ClN4. The van der Waals surface area contributed by atoms with Crippen LogP contribution in [0, 0.1) is 6.92 Å². The molecule has 118 valence electrons. The van der Waals surface area contributed by atoms with Crippen LogP contribution in [-0.2, 0) is 6.42 Å². The normalized spacial score (nSPS) is 10.5. The van der Waals surface area contributed by atoms with Crippen molar-refractivity contribution in [2.24, 2.45) is 0 Å². The molecular weight excluding hydrogens is 296 g/mol. The second-order valence-electron chi connectivity index (χ2n) is 5.14. The molecule has 0 saturated heterocycles. The van der Waals surface area contributed by atoms with Crippen LogP contribution in [0.1, 0.15) is 25.2 Å². The highest BCUT2D eigenvalue weighted by Crippen LogP contribution is 2.16. The summed E-state index contributed by atoms with van der Waals surface area (Å²) in [4.78, 5) is 11.2. The third kappa shape index (κ3) is 4.60. The summed E-state index contributed by atoms with van der Waals surface area (Å²) >= 11 is 6.00. The van der Waals surface area contributed by atoms with E-state index < -0.39 is 0 Å². The van der Waals surface area contributed by atoms with Crippen molar-refractivity contribution in [2.75, 3.05) is 29.9 Å². The highest BCUT2D eigenvalue weighted by atomic mass is 35.5. The average Bonchev–Trinajstić information content (AvgIpc) is 2.48. The van der Waals surface area contributed by atoms with Gasteiger partial charge in [-0.25, -0.2) is 9.97 Å². The molecule has 0 saturated carbocycles. The summed E-state index contributed by atoms with van der Waals surface area (Å²) in [6, 6.07) is 9.96. The minimum atomic E-state index is 0.777. The van der Waals surface area contributed by atoms with Crippen LogP contribution in [0.25, 0.3) is 0 Å². The summed E-state index contributed by atoms with van der Waals surface area (Å²) in [5.74, 6) is 2.63. The third-order valence-electron chi connectivity index (χ3n) is 3.52. The first-order valence-corrected chi connectivity index (χ1v) is 8.09. The van der Waals surface area contributed by atoms with Crippen LogP contribution in [0.15, 0.2) is 30.3 Å². The van der Waals surface area contributed by atoms with Gasteiger partial charge in [-0.15, -0.1) is 0 Å². The molecule has 1 heterocycles. The molecule has 0 radical (unpaired) electrons. The Morgan fingerprint density at radius 2 is 1.91 bits per heavy atom. The van der Waals surface area contributed by atoms with Gasteiger partial charge >= 0.3 is 0 Å². The van der Waals surface area contributed by atoms with Crippen molar-refractivity contribution in [3.05, 3.63) is 46.7 Å². The second-order valence-corrected chi connectivity index (χ2v) is 5.57. The molecule has 0 fully saturated rings. The third-order valence-corrected chi connectivity index (χ3v) is 3.76. The predicted octanol–water partition coefficient (Wildman–Crippen LogP) is 3.94. The number of hydrogen-bond acceptors (Lipinski definition) is 4. The molecule has 2 rings (SSSR count). The number of hydrogen-bond donors (Lipinski definition) is 1. The lowest BCUT2D eigenvalue weighted by atomic mass is 10.1. The zero-order valence-corrected chi connectivity index (χ0v) is 14.2. The zero-order valence-electron chi connectivity index (χ0n) is 13.4. The van der Waals surface area contributed by atoms with Crippen molar-refractivity contribution < 1.29 is 0 Å². The molecule has 1 aromatic heterocycles. The smallest absolute Gasteiger partial charge is 0.134 e. The van der Waals surface area contributed by atoms with Crippen molar-refractivity contribution >= 4 is 23.2 Å². The number of rotatable bonds is 7. The van der Waals surface area contributed by atoms with Gasteiger partial charge in [0.2, 0.25) is 0 Å². The Morgan fingerprint density at radius 1 is 1.14 bits per heavy atom. The Hall–Kier alpha value is -1.81. The van der Waals surface area contributed by atoms with Gasteiger partial charge in [-0.3, -0.25) is 0 Å². The van der Waals surface area contributed by atoms with Crippen LogP contribution in [0.2, 0.25) is 5.02 Å². The van der Waals surface area contributed by atoms with E-state index >= 15 is 0 Å². The first kappa shape index (κ1) is 16.6. The molecule has 0 aliphatic rings. The first-order chi connectivity index (χ1) is 10.6. The Balaban J connectivity index is 2.00. The molecule has 22 heavy (non-hydrogen) atoms. The maximum Gasteiger partial charge on any atom is 0.134 e. The van der Waals surface area contributed by atoms with Crippen molar-refractivity contribution in [3.8, 4) is 0 Å². The minimum absolute atomic E-state index is 0.777. The Bertz CT molecular complexity index is 611. The number of aryl methyl sites for hydroxylation is 1. The highest BCUT2D eigenvalue weighted by Gasteiger charge is 2.07. The van der Waals surface area contributed by atoms with E-state index in [-0.39, 0.29) is 0 Å². The largest absolute Gasteiger partial charge is 0.370 e. The first-order valence-electron chi connectivity index (χ1n) is 7.71. The molecule has 0 bridgehead atoms. The van der Waals surface area contributed by atoms with Crippen LogP contribution in [-0.4, -0.2) is 29.6 Å². The minimum Gasteiger partial charge on any atom is -0.370 e. The fourth-order valence-electron chi connectivity index (χ4n) is 2.38. The summed E-state index contributed by atoms with van der Waals surface area (Å²) in [6.45, 7) is 8.88. The highest BCUT2D eigenvalue weighted by molar-refractivity contribution is 6.30. The lowest BCUT2D eigenvalue weighted by Crippen LogP contribution is -2.23. The second kappa shape index (κ2) is 7.99. The van der Waals surface area contributed by atoms with E-state index in [1.54, 1.807) is 0 Å². The van der Waals surface area contributed by atoms with Gasteiger partial charge in [0.05, 0.1) is 0 Å². The number of anilines is 2. The summed E-state index contributed by atoms with van der Waals surface area (Å²) in [7, 11) is 0. The molecule has 0 aliphatic carbocycles. The number of halogens is 1. The molecule has 0 spiro atoms. The Labute approximate surface area is 137 Å². The fourth-order valence-corrected chi connectivity index (χ4v) is 2.59. The molecule has 2 aromatic rings. The number of nitrogens with zero attached hydrogens (tertiary/aromatic N) is 3. The average molecular weight is 319 g/mol. The summed E-state index contributed by atoms with van der Waals surface area (Å²) in [5, 5.41) is 4.15. The van der Waals surface area contributed by atoms with Crippen LogP contribution >= 0.6 is 11.6 Å². The van der Waals surface area contributed by atoms with Gasteiger partial charge in [-0.05, 0) is 44.9 Å². The monoisotopic (exact) mass is 318 g/mol. The van der Waals surface area contributed by atoms with Gasteiger partial charge in [-0.1, -0.05) is 23.7 Å². The molecule has 0 unspecified atom stereocenters. The number of benzene rings is 1. The van der Waals surface area contributed by atoms with Crippen molar-refractivity contribution in [2.45, 2.75) is 27.2 Å². The fraction of sp³-hybridized carbons (Fsp3) is 0.412. The van der Waals surface area contributed by atoms with Gasteiger partial charge in [0, 0.05) is 30.7 Å². The van der Waals surface area contributed by atoms with Gasteiger partial charge in [0.15, 0.2) is 0 Å². The quantitative estimate of drug-likeness (QED) is 0.839. The summed E-state index contributed by atoms with van der Waals surface area (Å²) < 4.78 is 0. The Kier molecular flexibility index (Phi) is 6.01. The summed E-state index contributed by atoms with van der Waals surface area (Å²) in [5.41, 5.74) is 1.22. The van der Waals surface area contributed by atoms with Crippen molar-refractivity contribution in [3.63, 3.8) is 0 Å². The molecule has 0 amide bonds. The molecule has 0 atom stereocenters. The van der Waals surface area contributed by atoms with E-state index in [9.17, 15) is 0 Å². The lowest BCUT2D eigenvalue weighted by Gasteiger charge is -2.20. The van der Waals surface area contributed by atoms with Crippen LogP contribution in [0.3, 0.4) is 0 Å². The van der Waals surface area contributed by atoms with Gasteiger partial charge in [0.1, 0.15) is 17.5 Å². The van der Waals surface area contributed by atoms with E-state index in [0.717, 1.165) is 48.5 Å². The zero-order chi connectivity index (χ0) is 15.9. The SMILES string of the molecule is CCN(CC)c1cc(NCCc2cccc(Cl)c2)nc(C)n1. The van der Waals surface area contributed by atoms with Crippen LogP contribution in [0.5, 0.6) is 0 Å². The van der Waals surface area contributed by atoms with Crippen LogP contribution < -0.4 is 10.2 Å².